The number of rotatable bonds is 2. The molecular formula is C34H26Cl2F6SiZr. The van der Waals surface area contributed by atoms with Gasteiger partial charge in [-0.1, -0.05) is 97.0 Å². The van der Waals surface area contributed by atoms with Gasteiger partial charge in [0.25, 0.3) is 0 Å². The molecule has 0 fully saturated rings. The Kier molecular flexibility index (Phi) is 13.5. The van der Waals surface area contributed by atoms with Crippen molar-refractivity contribution in [2.24, 2.45) is 0 Å². The van der Waals surface area contributed by atoms with Gasteiger partial charge in [0.05, 0.1) is 0 Å². The Morgan fingerprint density at radius 2 is 0.864 bits per heavy atom. The number of halogens is 8. The molecule has 226 valence electrons. The molecule has 0 heterocycles. The van der Waals surface area contributed by atoms with Crippen LogP contribution in [-0.4, -0.2) is 9.52 Å². The van der Waals surface area contributed by atoms with Crippen LogP contribution < -0.4 is 0 Å². The van der Waals surface area contributed by atoms with Crippen LogP contribution >= 0.6 is 17.0 Å². The maximum absolute atomic E-state index is 12.8. The number of benzene rings is 4. The summed E-state index contributed by atoms with van der Waals surface area (Å²) in [5.74, 6) is 0. The van der Waals surface area contributed by atoms with Crippen molar-refractivity contribution in [3.63, 3.8) is 0 Å². The molecule has 0 saturated heterocycles. The Hall–Kier alpha value is -2.64. The first-order chi connectivity index (χ1) is 20.9. The normalized spacial score (nSPS) is 11.0. The topological polar surface area (TPSA) is 0 Å². The van der Waals surface area contributed by atoms with E-state index in [0.717, 1.165) is 31.8 Å². The van der Waals surface area contributed by atoms with Gasteiger partial charge in [-0.2, -0.15) is 38.5 Å². The molecule has 0 aromatic heterocycles. The maximum atomic E-state index is 12.8. The van der Waals surface area contributed by atoms with Crippen LogP contribution in [0.25, 0.3) is 43.8 Å². The van der Waals surface area contributed by atoms with Crippen molar-refractivity contribution in [3.05, 3.63) is 132 Å². The van der Waals surface area contributed by atoms with E-state index in [-0.39, 0.29) is 0 Å². The van der Waals surface area contributed by atoms with Gasteiger partial charge in [0.15, 0.2) is 0 Å². The first kappa shape index (κ1) is 35.8. The van der Waals surface area contributed by atoms with Gasteiger partial charge in [-0.05, 0) is 22.3 Å². The second-order valence-electron chi connectivity index (χ2n) is 9.40. The van der Waals surface area contributed by atoms with Crippen LogP contribution in [-0.2, 0) is 33.2 Å². The van der Waals surface area contributed by atoms with Gasteiger partial charge >= 0.3 is 50.2 Å². The Balaban J connectivity index is 0.000000204. The summed E-state index contributed by atoms with van der Waals surface area (Å²) in [7, 11) is 11.0. The van der Waals surface area contributed by atoms with Crippen LogP contribution in [0.3, 0.4) is 0 Å². The van der Waals surface area contributed by atoms with E-state index in [1.807, 2.05) is 72.8 Å². The van der Waals surface area contributed by atoms with E-state index >= 15 is 0 Å². The van der Waals surface area contributed by atoms with E-state index in [0.29, 0.717) is 21.5 Å². The van der Waals surface area contributed by atoms with Gasteiger partial charge < -0.3 is 0 Å². The van der Waals surface area contributed by atoms with Crippen LogP contribution in [0, 0.1) is 0 Å². The van der Waals surface area contributed by atoms with Crippen molar-refractivity contribution < 1.29 is 47.2 Å². The van der Waals surface area contributed by atoms with Crippen molar-refractivity contribution in [2.75, 3.05) is 0 Å². The Morgan fingerprint density at radius 1 is 0.545 bits per heavy atom. The van der Waals surface area contributed by atoms with E-state index < -0.39 is 44.3 Å². The summed E-state index contributed by atoms with van der Waals surface area (Å²) in [6.07, 6.45) is -8.60. The molecule has 6 rings (SSSR count). The van der Waals surface area contributed by atoms with E-state index in [1.54, 1.807) is 24.3 Å². The van der Waals surface area contributed by atoms with Crippen LogP contribution in [0.2, 0.25) is 13.1 Å². The molecule has 0 aliphatic heterocycles. The van der Waals surface area contributed by atoms with Crippen LogP contribution in [0.5, 0.6) is 0 Å². The molecule has 6 aromatic rings. The predicted octanol–water partition coefficient (Wildman–Crippen LogP) is 12.7. The third-order valence-electron chi connectivity index (χ3n) is 6.33. The molecule has 0 aliphatic carbocycles. The molecule has 0 saturated carbocycles. The van der Waals surface area contributed by atoms with Gasteiger partial charge in [-0.25, -0.2) is 0 Å². The molecule has 6 aromatic carbocycles. The van der Waals surface area contributed by atoms with Gasteiger partial charge in [-0.3, -0.25) is 0 Å². The minimum atomic E-state index is -4.30. The van der Waals surface area contributed by atoms with Crippen molar-refractivity contribution in [1.29, 1.82) is 0 Å². The summed E-state index contributed by atoms with van der Waals surface area (Å²) in [6.45, 7) is 4.31. The SMILES string of the molecule is C[Si]C.FC(F)(F)c1cc2c(-c3ccccc3)cccc2[cH-]1.FC(F)(F)c1cc2c(-c3ccccc3)cccc2[cH-]1.[Cl][Zr+2][Cl]. The molecule has 0 bridgehead atoms. The minimum absolute atomic E-state index is 0.592. The molecule has 44 heavy (non-hydrogen) atoms. The first-order valence-corrected chi connectivity index (χ1v) is 21.5. The molecule has 0 spiro atoms. The Bertz CT molecular complexity index is 1600. The Morgan fingerprint density at radius 3 is 1.16 bits per heavy atom. The second kappa shape index (κ2) is 16.6. The fourth-order valence-electron chi connectivity index (χ4n) is 4.54. The average Bonchev–Trinajstić information content (AvgIpc) is 3.65. The fraction of sp³-hybridized carbons (Fsp3) is 0.118. The van der Waals surface area contributed by atoms with E-state index in [9.17, 15) is 26.3 Å². The summed E-state index contributed by atoms with van der Waals surface area (Å²) < 4.78 is 76.6. The van der Waals surface area contributed by atoms with Crippen molar-refractivity contribution in [1.82, 2.24) is 0 Å². The number of hydrogen-bond donors (Lipinski definition) is 0. The summed E-state index contributed by atoms with van der Waals surface area (Å²) in [6, 6.07) is 34.4. The molecule has 10 heteroatoms. The standard InChI is InChI=1S/2C16H10F3.C2H6Si.2ClH.Zr/c2*17-16(18,19)13-9-12-7-4-8-14(15(12)10-13)11-5-2-1-3-6-11;1-3-2;;;/h2*1-10H;1-2H3;2*1H;/q2*-1;;;;+4/p-2. The summed E-state index contributed by atoms with van der Waals surface area (Å²) >= 11 is -0.826. The van der Waals surface area contributed by atoms with Crippen LogP contribution in [0.4, 0.5) is 26.3 Å². The van der Waals surface area contributed by atoms with Crippen molar-refractivity contribution in [3.8, 4) is 22.3 Å². The summed E-state index contributed by atoms with van der Waals surface area (Å²) in [5.41, 5.74) is 2.32. The molecule has 0 aliphatic rings. The molecule has 0 N–H and O–H groups in total. The zero-order valence-corrected chi connectivity index (χ0v) is 28.5. The van der Waals surface area contributed by atoms with Crippen LogP contribution in [0.15, 0.2) is 121 Å². The van der Waals surface area contributed by atoms with E-state index in [4.69, 9.17) is 17.0 Å². The number of fused-ring (bicyclic) bond motifs is 2. The van der Waals surface area contributed by atoms with Gasteiger partial charge in [0.1, 0.15) is 0 Å². The molecular weight excluding hydrogens is 713 g/mol. The van der Waals surface area contributed by atoms with Gasteiger partial charge in [-0.15, -0.1) is 57.9 Å². The predicted molar refractivity (Wildman–Crippen MR) is 169 cm³/mol. The van der Waals surface area contributed by atoms with Crippen molar-refractivity contribution >= 4 is 48.1 Å². The average molecular weight is 739 g/mol. The second-order valence-corrected chi connectivity index (χ2v) is 14.1. The zero-order valence-electron chi connectivity index (χ0n) is 23.6. The van der Waals surface area contributed by atoms with E-state index in [2.05, 4.69) is 13.1 Å². The van der Waals surface area contributed by atoms with Crippen molar-refractivity contribution in [2.45, 2.75) is 25.4 Å². The number of alkyl halides is 6. The summed E-state index contributed by atoms with van der Waals surface area (Å²) in [5, 5.41) is 2.52. The van der Waals surface area contributed by atoms with E-state index in [1.165, 1.54) is 24.3 Å². The monoisotopic (exact) mass is 736 g/mol. The first-order valence-electron chi connectivity index (χ1n) is 13.1. The Labute approximate surface area is 273 Å². The molecule has 0 nitrogen and oxygen atoms in total. The number of hydrogen-bond acceptors (Lipinski definition) is 0. The summed E-state index contributed by atoms with van der Waals surface area (Å²) in [4.78, 5) is 0. The fourth-order valence-corrected chi connectivity index (χ4v) is 4.54. The zero-order chi connectivity index (χ0) is 32.3. The third kappa shape index (κ3) is 9.68. The molecule has 0 unspecified atom stereocenters. The third-order valence-corrected chi connectivity index (χ3v) is 6.33. The quantitative estimate of drug-likeness (QED) is 0.0943. The van der Waals surface area contributed by atoms with Gasteiger partial charge in [0, 0.05) is 9.52 Å². The molecule has 2 radical (unpaired) electrons. The van der Waals surface area contributed by atoms with Crippen LogP contribution in [0.1, 0.15) is 11.1 Å². The molecule has 0 atom stereocenters. The van der Waals surface area contributed by atoms with Gasteiger partial charge in [0.2, 0.25) is 0 Å². The molecule has 0 amide bonds.